The number of esters is 1. The highest BCUT2D eigenvalue weighted by Gasteiger charge is 2.29. The predicted octanol–water partition coefficient (Wildman–Crippen LogP) is 3.58. The molecule has 0 atom stereocenters. The van der Waals surface area contributed by atoms with Gasteiger partial charge >= 0.3 is 5.97 Å². The summed E-state index contributed by atoms with van der Waals surface area (Å²) in [6.45, 7) is 6.08. The molecule has 0 aliphatic rings. The van der Waals surface area contributed by atoms with E-state index in [2.05, 4.69) is 15.9 Å². The van der Waals surface area contributed by atoms with Gasteiger partial charge in [0.2, 0.25) is 0 Å². The van der Waals surface area contributed by atoms with Crippen molar-refractivity contribution in [1.29, 1.82) is 0 Å². The van der Waals surface area contributed by atoms with Crippen LogP contribution in [0.3, 0.4) is 0 Å². The predicted molar refractivity (Wildman–Crippen MR) is 68.3 cm³/mol. The Kier molecular flexibility index (Phi) is 4.54. The third-order valence-electron chi connectivity index (χ3n) is 2.39. The zero-order valence-corrected chi connectivity index (χ0v) is 11.5. The van der Waals surface area contributed by atoms with Crippen LogP contribution in [-0.4, -0.2) is 12.6 Å². The van der Waals surface area contributed by atoms with Gasteiger partial charge in [-0.3, -0.25) is 4.79 Å². The fourth-order valence-corrected chi connectivity index (χ4v) is 1.78. The van der Waals surface area contributed by atoms with E-state index in [-0.39, 0.29) is 5.97 Å². The van der Waals surface area contributed by atoms with Crippen molar-refractivity contribution < 1.29 is 9.53 Å². The van der Waals surface area contributed by atoms with Crippen LogP contribution in [0.2, 0.25) is 0 Å². The molecule has 0 aromatic heterocycles. The normalized spacial score (nSPS) is 11.2. The van der Waals surface area contributed by atoms with Gasteiger partial charge in [-0.1, -0.05) is 28.1 Å². The van der Waals surface area contributed by atoms with Crippen molar-refractivity contribution in [3.05, 3.63) is 34.3 Å². The zero-order chi connectivity index (χ0) is 12.2. The topological polar surface area (TPSA) is 26.3 Å². The fourth-order valence-electron chi connectivity index (χ4n) is 1.51. The molecule has 1 aromatic rings. The number of ether oxygens (including phenoxy) is 1. The summed E-state index contributed by atoms with van der Waals surface area (Å²) in [5, 5.41) is 0. The SMILES string of the molecule is CCOC(=O)C(C)(C)Cc1ccc(Br)cc1. The van der Waals surface area contributed by atoms with E-state index in [0.717, 1.165) is 10.0 Å². The van der Waals surface area contributed by atoms with Crippen LogP contribution >= 0.6 is 15.9 Å². The molecule has 1 aromatic carbocycles. The molecular formula is C13H17BrO2. The minimum Gasteiger partial charge on any atom is -0.466 e. The van der Waals surface area contributed by atoms with Crippen molar-refractivity contribution in [2.24, 2.45) is 5.41 Å². The average Bonchev–Trinajstić information content (AvgIpc) is 2.21. The van der Waals surface area contributed by atoms with Crippen molar-refractivity contribution >= 4 is 21.9 Å². The minimum atomic E-state index is -0.468. The van der Waals surface area contributed by atoms with Gasteiger partial charge in [0.1, 0.15) is 0 Å². The van der Waals surface area contributed by atoms with E-state index < -0.39 is 5.41 Å². The molecule has 0 radical (unpaired) electrons. The van der Waals surface area contributed by atoms with Crippen LogP contribution in [0, 0.1) is 5.41 Å². The average molecular weight is 285 g/mol. The molecule has 88 valence electrons. The Hall–Kier alpha value is -0.830. The molecule has 0 aliphatic carbocycles. The van der Waals surface area contributed by atoms with Gasteiger partial charge in [-0.2, -0.15) is 0 Å². The standard InChI is InChI=1S/C13H17BrO2/c1-4-16-12(15)13(2,3)9-10-5-7-11(14)8-6-10/h5-8H,4,9H2,1-3H3. The van der Waals surface area contributed by atoms with Gasteiger partial charge < -0.3 is 4.74 Å². The smallest absolute Gasteiger partial charge is 0.311 e. The lowest BCUT2D eigenvalue weighted by Crippen LogP contribution is -2.28. The van der Waals surface area contributed by atoms with Crippen LogP contribution in [0.25, 0.3) is 0 Å². The van der Waals surface area contributed by atoms with Crippen LogP contribution < -0.4 is 0 Å². The number of hydrogen-bond donors (Lipinski definition) is 0. The Morgan fingerprint density at radius 2 is 1.88 bits per heavy atom. The summed E-state index contributed by atoms with van der Waals surface area (Å²) in [6, 6.07) is 8.00. The first-order valence-corrected chi connectivity index (χ1v) is 6.16. The maximum atomic E-state index is 11.7. The largest absolute Gasteiger partial charge is 0.466 e. The van der Waals surface area contributed by atoms with Crippen molar-refractivity contribution in [3.8, 4) is 0 Å². The lowest BCUT2D eigenvalue weighted by Gasteiger charge is -2.22. The van der Waals surface area contributed by atoms with E-state index in [1.165, 1.54) is 0 Å². The van der Waals surface area contributed by atoms with Crippen LogP contribution in [0.5, 0.6) is 0 Å². The molecule has 0 heterocycles. The van der Waals surface area contributed by atoms with Gasteiger partial charge in [-0.25, -0.2) is 0 Å². The second-order valence-corrected chi connectivity index (χ2v) is 5.32. The molecule has 3 heteroatoms. The molecule has 16 heavy (non-hydrogen) atoms. The lowest BCUT2D eigenvalue weighted by atomic mass is 9.86. The monoisotopic (exact) mass is 284 g/mol. The van der Waals surface area contributed by atoms with Gasteiger partial charge in [-0.05, 0) is 44.9 Å². The first kappa shape index (κ1) is 13.2. The van der Waals surface area contributed by atoms with Crippen LogP contribution in [0.15, 0.2) is 28.7 Å². The van der Waals surface area contributed by atoms with E-state index >= 15 is 0 Å². The van der Waals surface area contributed by atoms with Crippen molar-refractivity contribution in [2.75, 3.05) is 6.61 Å². The highest BCUT2D eigenvalue weighted by atomic mass is 79.9. The molecular weight excluding hydrogens is 268 g/mol. The quantitative estimate of drug-likeness (QED) is 0.790. The molecule has 2 nitrogen and oxygen atoms in total. The Bertz CT molecular complexity index is 355. The number of hydrogen-bond acceptors (Lipinski definition) is 2. The van der Waals surface area contributed by atoms with Gasteiger partial charge in [0.25, 0.3) is 0 Å². The first-order valence-electron chi connectivity index (χ1n) is 5.37. The third-order valence-corrected chi connectivity index (χ3v) is 2.92. The van der Waals surface area contributed by atoms with E-state index in [0.29, 0.717) is 13.0 Å². The molecule has 0 spiro atoms. The molecule has 0 saturated carbocycles. The van der Waals surface area contributed by atoms with E-state index in [1.54, 1.807) is 0 Å². The molecule has 0 saturated heterocycles. The Labute approximate surface area is 105 Å². The van der Waals surface area contributed by atoms with Crippen molar-refractivity contribution in [3.63, 3.8) is 0 Å². The highest BCUT2D eigenvalue weighted by Crippen LogP contribution is 2.24. The summed E-state index contributed by atoms with van der Waals surface area (Å²) in [5.41, 5.74) is 0.672. The first-order chi connectivity index (χ1) is 7.45. The number of rotatable bonds is 4. The second kappa shape index (κ2) is 5.48. The summed E-state index contributed by atoms with van der Waals surface area (Å²) in [7, 11) is 0. The third kappa shape index (κ3) is 3.63. The maximum Gasteiger partial charge on any atom is 0.311 e. The van der Waals surface area contributed by atoms with Crippen molar-refractivity contribution in [1.82, 2.24) is 0 Å². The van der Waals surface area contributed by atoms with E-state index in [4.69, 9.17) is 4.74 Å². The molecule has 0 aliphatic heterocycles. The van der Waals surface area contributed by atoms with Crippen LogP contribution in [0.1, 0.15) is 26.3 Å². The summed E-state index contributed by atoms with van der Waals surface area (Å²) in [4.78, 5) is 11.7. The highest BCUT2D eigenvalue weighted by molar-refractivity contribution is 9.10. The number of benzene rings is 1. The summed E-state index contributed by atoms with van der Waals surface area (Å²) < 4.78 is 6.10. The van der Waals surface area contributed by atoms with Gasteiger partial charge in [0.15, 0.2) is 0 Å². The summed E-state index contributed by atoms with van der Waals surface area (Å²) in [6.07, 6.45) is 0.694. The maximum absolute atomic E-state index is 11.7. The lowest BCUT2D eigenvalue weighted by molar-refractivity contribution is -0.153. The number of carbonyl (C=O) groups excluding carboxylic acids is 1. The molecule has 0 fully saturated rings. The van der Waals surface area contributed by atoms with E-state index in [1.807, 2.05) is 45.0 Å². The Morgan fingerprint density at radius 3 is 2.38 bits per heavy atom. The molecule has 0 bridgehead atoms. The molecule has 0 unspecified atom stereocenters. The van der Waals surface area contributed by atoms with Gasteiger partial charge in [0.05, 0.1) is 12.0 Å². The zero-order valence-electron chi connectivity index (χ0n) is 9.92. The number of halogens is 1. The van der Waals surface area contributed by atoms with E-state index in [9.17, 15) is 4.79 Å². The van der Waals surface area contributed by atoms with Crippen LogP contribution in [0.4, 0.5) is 0 Å². The van der Waals surface area contributed by atoms with Crippen molar-refractivity contribution in [2.45, 2.75) is 27.2 Å². The fraction of sp³-hybridized carbons (Fsp3) is 0.462. The molecule has 1 rings (SSSR count). The molecule has 0 amide bonds. The number of carbonyl (C=O) groups is 1. The van der Waals surface area contributed by atoms with Gasteiger partial charge in [0, 0.05) is 4.47 Å². The Balaban J connectivity index is 2.72. The summed E-state index contributed by atoms with van der Waals surface area (Å²) in [5.74, 6) is -0.141. The Morgan fingerprint density at radius 1 is 1.31 bits per heavy atom. The summed E-state index contributed by atoms with van der Waals surface area (Å²) >= 11 is 3.39. The minimum absolute atomic E-state index is 0.141. The molecule has 0 N–H and O–H groups in total. The second-order valence-electron chi connectivity index (χ2n) is 4.41. The van der Waals surface area contributed by atoms with Crippen LogP contribution in [-0.2, 0) is 16.0 Å². The van der Waals surface area contributed by atoms with Gasteiger partial charge in [-0.15, -0.1) is 0 Å².